The third-order valence-electron chi connectivity index (χ3n) is 7.32. The molecule has 174 valence electrons. The summed E-state index contributed by atoms with van der Waals surface area (Å²) in [5.74, 6) is -0.922. The Morgan fingerprint density at radius 1 is 0.941 bits per heavy atom. The highest BCUT2D eigenvalue weighted by atomic mass is 16.6. The van der Waals surface area contributed by atoms with E-state index in [2.05, 4.69) is 56.3 Å². The minimum Gasteiger partial charge on any atom is -0.480 e. The second kappa shape index (κ2) is 8.98. The minimum atomic E-state index is -0.983. The molecule has 1 amide bonds. The summed E-state index contributed by atoms with van der Waals surface area (Å²) in [6.07, 6.45) is 0.565. The average molecular weight is 456 g/mol. The number of aliphatic carboxylic acids is 1. The zero-order chi connectivity index (χ0) is 23.8. The Morgan fingerprint density at radius 2 is 1.59 bits per heavy atom. The van der Waals surface area contributed by atoms with Gasteiger partial charge in [-0.1, -0.05) is 72.3 Å². The number of fused-ring (bicyclic) bond motifs is 3. The zero-order valence-electron chi connectivity index (χ0n) is 19.5. The van der Waals surface area contributed by atoms with Gasteiger partial charge in [0.25, 0.3) is 0 Å². The molecule has 3 aromatic rings. The lowest BCUT2D eigenvalue weighted by atomic mass is 9.83. The number of nitrogens with zero attached hydrogens (tertiary/aromatic N) is 1. The number of carboxylic acid groups (broad SMARTS) is 1. The van der Waals surface area contributed by atoms with Gasteiger partial charge in [-0.05, 0) is 66.0 Å². The fourth-order valence-electron chi connectivity index (χ4n) is 5.66. The average Bonchev–Trinajstić information content (AvgIpc) is 3.16. The molecule has 0 spiro atoms. The maximum atomic E-state index is 13.1. The van der Waals surface area contributed by atoms with E-state index < -0.39 is 18.1 Å². The van der Waals surface area contributed by atoms with Crippen molar-refractivity contribution in [1.82, 2.24) is 4.90 Å². The summed E-state index contributed by atoms with van der Waals surface area (Å²) in [7, 11) is 0. The smallest absolute Gasteiger partial charge is 0.410 e. The highest BCUT2D eigenvalue weighted by molar-refractivity contribution is 5.81. The first-order chi connectivity index (χ1) is 16.4. The number of hydrogen-bond donors (Lipinski definition) is 1. The van der Waals surface area contributed by atoms with Crippen molar-refractivity contribution >= 4 is 12.1 Å². The predicted molar refractivity (Wildman–Crippen MR) is 131 cm³/mol. The molecular formula is C29H29NO4. The fourth-order valence-corrected chi connectivity index (χ4v) is 5.66. The second-order valence-electron chi connectivity index (χ2n) is 9.43. The molecule has 1 aliphatic carbocycles. The van der Waals surface area contributed by atoms with Crippen molar-refractivity contribution in [3.63, 3.8) is 0 Å². The van der Waals surface area contributed by atoms with E-state index in [9.17, 15) is 14.7 Å². The molecular weight excluding hydrogens is 426 g/mol. The van der Waals surface area contributed by atoms with E-state index in [1.165, 1.54) is 21.6 Å². The maximum Gasteiger partial charge on any atom is 0.410 e. The van der Waals surface area contributed by atoms with Crippen LogP contribution in [-0.2, 0) is 9.53 Å². The number of carboxylic acids is 1. The van der Waals surface area contributed by atoms with Crippen LogP contribution in [0.5, 0.6) is 0 Å². The van der Waals surface area contributed by atoms with Gasteiger partial charge in [-0.25, -0.2) is 9.59 Å². The van der Waals surface area contributed by atoms with Gasteiger partial charge in [0.2, 0.25) is 0 Å². The van der Waals surface area contributed by atoms with Gasteiger partial charge in [-0.2, -0.15) is 0 Å². The van der Waals surface area contributed by atoms with Gasteiger partial charge in [0.1, 0.15) is 12.6 Å². The van der Waals surface area contributed by atoms with Gasteiger partial charge in [0, 0.05) is 12.5 Å². The van der Waals surface area contributed by atoms with Gasteiger partial charge >= 0.3 is 12.1 Å². The van der Waals surface area contributed by atoms with E-state index >= 15 is 0 Å². The molecule has 2 unspecified atom stereocenters. The normalized spacial score (nSPS) is 19.4. The topological polar surface area (TPSA) is 66.8 Å². The summed E-state index contributed by atoms with van der Waals surface area (Å²) in [4.78, 5) is 26.6. The van der Waals surface area contributed by atoms with Crippen molar-refractivity contribution in [3.05, 3.63) is 94.5 Å². The third-order valence-corrected chi connectivity index (χ3v) is 7.32. The first kappa shape index (κ1) is 22.2. The molecule has 1 fully saturated rings. The third kappa shape index (κ3) is 3.96. The van der Waals surface area contributed by atoms with Crippen LogP contribution in [0.3, 0.4) is 0 Å². The minimum absolute atomic E-state index is 0.0487. The van der Waals surface area contributed by atoms with Gasteiger partial charge in [0.15, 0.2) is 0 Å². The zero-order valence-corrected chi connectivity index (χ0v) is 19.5. The SMILES string of the molecule is Cc1ccc(C2CCN(C(=O)OCC3c4ccccc4-c4ccccc43)C(C(=O)O)C2)c(C)c1. The van der Waals surface area contributed by atoms with E-state index in [0.717, 1.165) is 28.7 Å². The van der Waals surface area contributed by atoms with E-state index in [1.54, 1.807) is 0 Å². The molecule has 1 N–H and O–H groups in total. The highest BCUT2D eigenvalue weighted by Crippen LogP contribution is 2.44. The number of benzene rings is 3. The Hall–Kier alpha value is -3.60. The van der Waals surface area contributed by atoms with Gasteiger partial charge < -0.3 is 9.84 Å². The first-order valence-corrected chi connectivity index (χ1v) is 11.9. The van der Waals surface area contributed by atoms with Crippen LogP contribution in [0.25, 0.3) is 11.1 Å². The van der Waals surface area contributed by atoms with Crippen molar-refractivity contribution in [2.45, 2.75) is 44.6 Å². The van der Waals surface area contributed by atoms with Crippen molar-refractivity contribution in [1.29, 1.82) is 0 Å². The molecule has 0 bridgehead atoms. The molecule has 0 saturated carbocycles. The summed E-state index contributed by atoms with van der Waals surface area (Å²) >= 11 is 0. The highest BCUT2D eigenvalue weighted by Gasteiger charge is 2.38. The van der Waals surface area contributed by atoms with Gasteiger partial charge in [-0.15, -0.1) is 0 Å². The molecule has 3 aromatic carbocycles. The Balaban J connectivity index is 1.31. The number of rotatable bonds is 4. The molecule has 0 aromatic heterocycles. The number of carbonyl (C=O) groups excluding carboxylic acids is 1. The van der Waals surface area contributed by atoms with Crippen molar-refractivity contribution in [2.75, 3.05) is 13.2 Å². The Morgan fingerprint density at radius 3 is 2.21 bits per heavy atom. The maximum absolute atomic E-state index is 13.1. The van der Waals surface area contributed by atoms with Crippen LogP contribution in [0, 0.1) is 13.8 Å². The predicted octanol–water partition coefficient (Wildman–Crippen LogP) is 5.89. The van der Waals surface area contributed by atoms with E-state index in [1.807, 2.05) is 24.3 Å². The van der Waals surface area contributed by atoms with E-state index in [0.29, 0.717) is 13.0 Å². The van der Waals surface area contributed by atoms with E-state index in [4.69, 9.17) is 4.74 Å². The second-order valence-corrected chi connectivity index (χ2v) is 9.43. The summed E-state index contributed by atoms with van der Waals surface area (Å²) in [5.41, 5.74) is 8.13. The van der Waals surface area contributed by atoms with Crippen LogP contribution in [0.15, 0.2) is 66.7 Å². The summed E-state index contributed by atoms with van der Waals surface area (Å²) < 4.78 is 5.76. The number of likely N-dealkylation sites (tertiary alicyclic amines) is 1. The molecule has 1 aliphatic heterocycles. The van der Waals surface area contributed by atoms with Crippen LogP contribution >= 0.6 is 0 Å². The molecule has 5 rings (SSSR count). The lowest BCUT2D eigenvalue weighted by Gasteiger charge is -2.37. The van der Waals surface area contributed by atoms with Crippen molar-refractivity contribution in [3.8, 4) is 11.1 Å². The van der Waals surface area contributed by atoms with Crippen molar-refractivity contribution < 1.29 is 19.4 Å². The Kier molecular flexibility index (Phi) is 5.86. The molecule has 2 atom stereocenters. The quantitative estimate of drug-likeness (QED) is 0.533. The number of amides is 1. The lowest BCUT2D eigenvalue weighted by Crippen LogP contribution is -2.50. The number of hydrogen-bond acceptors (Lipinski definition) is 3. The molecule has 5 nitrogen and oxygen atoms in total. The van der Waals surface area contributed by atoms with Crippen LogP contribution in [0.4, 0.5) is 4.79 Å². The summed E-state index contributed by atoms with van der Waals surface area (Å²) in [6.45, 7) is 4.68. The van der Waals surface area contributed by atoms with E-state index in [-0.39, 0.29) is 18.4 Å². The molecule has 2 aliphatic rings. The summed E-state index contributed by atoms with van der Waals surface area (Å²) in [5, 5.41) is 9.93. The largest absolute Gasteiger partial charge is 0.480 e. The fraction of sp³-hybridized carbons (Fsp3) is 0.310. The van der Waals surface area contributed by atoms with Crippen LogP contribution in [0.1, 0.15) is 52.5 Å². The van der Waals surface area contributed by atoms with Crippen LogP contribution in [-0.4, -0.2) is 41.3 Å². The van der Waals surface area contributed by atoms with Gasteiger partial charge in [-0.3, -0.25) is 4.90 Å². The number of ether oxygens (including phenoxy) is 1. The molecule has 1 heterocycles. The molecule has 1 saturated heterocycles. The standard InChI is InChI=1S/C29H29NO4/c1-18-11-12-21(19(2)15-18)20-13-14-30(27(16-20)28(31)32)29(33)34-17-26-24-9-5-3-7-22(24)23-8-4-6-10-25(23)26/h3-12,15,20,26-27H,13-14,16-17H2,1-2H3,(H,31,32). The first-order valence-electron chi connectivity index (χ1n) is 11.9. The number of carbonyl (C=O) groups is 2. The molecule has 5 heteroatoms. The van der Waals surface area contributed by atoms with Crippen molar-refractivity contribution in [2.24, 2.45) is 0 Å². The molecule has 0 radical (unpaired) electrons. The van der Waals surface area contributed by atoms with Gasteiger partial charge in [0.05, 0.1) is 0 Å². The van der Waals surface area contributed by atoms with Crippen LogP contribution < -0.4 is 0 Å². The Bertz CT molecular complexity index is 1200. The number of aryl methyl sites for hydroxylation is 2. The number of piperidine rings is 1. The Labute approximate surface area is 200 Å². The summed E-state index contributed by atoms with van der Waals surface area (Å²) in [6, 6.07) is 21.7. The lowest BCUT2D eigenvalue weighted by molar-refractivity contribution is -0.144. The van der Waals surface area contributed by atoms with Crippen LogP contribution in [0.2, 0.25) is 0 Å². The molecule has 34 heavy (non-hydrogen) atoms. The monoisotopic (exact) mass is 455 g/mol.